The van der Waals surface area contributed by atoms with Crippen LogP contribution in [0.25, 0.3) is 11.0 Å². The molecule has 8 heteroatoms. The van der Waals surface area contributed by atoms with Crippen LogP contribution in [0.5, 0.6) is 0 Å². The molecule has 0 unspecified atom stereocenters. The zero-order valence-electron chi connectivity index (χ0n) is 13.1. The zero-order chi connectivity index (χ0) is 16.9. The lowest BCUT2D eigenvalue weighted by atomic mass is 9.93. The number of aromatic nitrogens is 3. The molecule has 0 spiro atoms. The Morgan fingerprint density at radius 3 is 2.83 bits per heavy atom. The van der Waals surface area contributed by atoms with Crippen LogP contribution in [0, 0.1) is 12.7 Å². The zero-order valence-corrected chi connectivity index (χ0v) is 13.1. The van der Waals surface area contributed by atoms with Crippen LogP contribution in [0.3, 0.4) is 0 Å². The van der Waals surface area contributed by atoms with Gasteiger partial charge in [-0.05, 0) is 20.3 Å². The Hall–Kier alpha value is -1.61. The van der Waals surface area contributed by atoms with Gasteiger partial charge in [-0.3, -0.25) is 4.57 Å². The fourth-order valence-electron chi connectivity index (χ4n) is 3.08. The van der Waals surface area contributed by atoms with Crippen molar-refractivity contribution < 1.29 is 24.4 Å². The molecule has 3 rings (SSSR count). The number of rotatable bonds is 3. The van der Waals surface area contributed by atoms with E-state index < -0.39 is 36.0 Å². The van der Waals surface area contributed by atoms with Crippen molar-refractivity contribution in [3.63, 3.8) is 0 Å². The van der Waals surface area contributed by atoms with Crippen LogP contribution in [0.2, 0.25) is 0 Å². The molecule has 7 nitrogen and oxygen atoms in total. The molecular formula is C15H20FN3O4. The van der Waals surface area contributed by atoms with Crippen LogP contribution < -0.4 is 0 Å². The molecule has 0 radical (unpaired) electrons. The first-order valence-corrected chi connectivity index (χ1v) is 7.50. The average Bonchev–Trinajstić information content (AvgIpc) is 2.95. The summed E-state index contributed by atoms with van der Waals surface area (Å²) in [6, 6.07) is 0. The Labute approximate surface area is 132 Å². The van der Waals surface area contributed by atoms with Crippen LogP contribution in [-0.2, 0) is 4.74 Å². The highest BCUT2D eigenvalue weighted by Crippen LogP contribution is 2.41. The number of aliphatic hydroxyl groups is 3. The molecule has 1 aliphatic rings. The molecule has 0 aromatic carbocycles. The predicted molar refractivity (Wildman–Crippen MR) is 79.1 cm³/mol. The van der Waals surface area contributed by atoms with Gasteiger partial charge in [0.15, 0.2) is 12.0 Å². The number of hydrogen-bond acceptors (Lipinski definition) is 6. The first-order valence-electron chi connectivity index (χ1n) is 7.50. The molecule has 0 amide bonds. The number of halogens is 1. The first-order chi connectivity index (χ1) is 10.8. The van der Waals surface area contributed by atoms with Gasteiger partial charge in [0.2, 0.25) is 0 Å². The maximum absolute atomic E-state index is 14.2. The number of fused-ring (bicyclic) bond motifs is 1. The SMILES string of the molecule is CC[C@@H](O)[C@H]1O[C@@H](n2cc(F)c3c(C)ncnc32)[C@](C)(O)[C@@H]1O. The maximum Gasteiger partial charge on any atom is 0.167 e. The van der Waals surface area contributed by atoms with E-state index in [1.54, 1.807) is 13.8 Å². The third kappa shape index (κ3) is 2.33. The standard InChI is InChI=1S/C15H20FN3O4/c1-4-9(20)11-12(21)15(3,22)14(23-11)19-5-8(16)10-7(2)17-6-18-13(10)19/h5-6,9,11-12,14,20-22H,4H2,1-3H3/t9-,11-,12-,14-,15-/m1/s1. The summed E-state index contributed by atoms with van der Waals surface area (Å²) in [4.78, 5) is 8.02. The molecule has 0 saturated carbocycles. The minimum atomic E-state index is -1.71. The van der Waals surface area contributed by atoms with Gasteiger partial charge >= 0.3 is 0 Å². The molecule has 0 bridgehead atoms. The van der Waals surface area contributed by atoms with Crippen molar-refractivity contribution in [1.29, 1.82) is 0 Å². The van der Waals surface area contributed by atoms with Crippen molar-refractivity contribution in [2.75, 3.05) is 0 Å². The molecule has 5 atom stereocenters. The van der Waals surface area contributed by atoms with E-state index in [0.717, 1.165) is 0 Å². The monoisotopic (exact) mass is 325 g/mol. The molecular weight excluding hydrogens is 305 g/mol. The van der Waals surface area contributed by atoms with Crippen LogP contribution in [0.4, 0.5) is 4.39 Å². The number of hydrogen-bond donors (Lipinski definition) is 3. The minimum Gasteiger partial charge on any atom is -0.390 e. The first kappa shape index (κ1) is 16.3. The highest BCUT2D eigenvalue weighted by Gasteiger charge is 2.55. The van der Waals surface area contributed by atoms with Crippen molar-refractivity contribution in [2.45, 2.75) is 57.3 Å². The van der Waals surface area contributed by atoms with Crippen LogP contribution in [-0.4, -0.2) is 53.8 Å². The summed E-state index contributed by atoms with van der Waals surface area (Å²) >= 11 is 0. The van der Waals surface area contributed by atoms with Crippen LogP contribution in [0.1, 0.15) is 32.2 Å². The Balaban J connectivity index is 2.10. The van der Waals surface area contributed by atoms with Gasteiger partial charge in [-0.2, -0.15) is 0 Å². The second-order valence-corrected chi connectivity index (χ2v) is 6.14. The average molecular weight is 325 g/mol. The van der Waals surface area contributed by atoms with Gasteiger partial charge in [-0.15, -0.1) is 0 Å². The fourth-order valence-corrected chi connectivity index (χ4v) is 3.08. The molecule has 3 N–H and O–H groups in total. The molecule has 1 fully saturated rings. The lowest BCUT2D eigenvalue weighted by Gasteiger charge is -2.27. The Morgan fingerprint density at radius 2 is 2.17 bits per heavy atom. The molecule has 126 valence electrons. The second kappa shape index (κ2) is 5.48. The minimum absolute atomic E-state index is 0.237. The van der Waals surface area contributed by atoms with Crippen molar-refractivity contribution in [3.8, 4) is 0 Å². The van der Waals surface area contributed by atoms with Crippen molar-refractivity contribution in [3.05, 3.63) is 24.0 Å². The lowest BCUT2D eigenvalue weighted by molar-refractivity contribution is -0.100. The predicted octanol–water partition coefficient (Wildman–Crippen LogP) is 0.659. The second-order valence-electron chi connectivity index (χ2n) is 6.14. The van der Waals surface area contributed by atoms with Gasteiger partial charge in [-0.25, -0.2) is 14.4 Å². The molecule has 0 aliphatic carbocycles. The van der Waals surface area contributed by atoms with Gasteiger partial charge in [0.1, 0.15) is 29.8 Å². The third-order valence-corrected chi connectivity index (χ3v) is 4.50. The quantitative estimate of drug-likeness (QED) is 0.766. The van der Waals surface area contributed by atoms with E-state index in [4.69, 9.17) is 4.74 Å². The molecule has 2 aromatic rings. The maximum atomic E-state index is 14.2. The highest BCUT2D eigenvalue weighted by molar-refractivity contribution is 5.79. The van der Waals surface area contributed by atoms with E-state index in [1.807, 2.05) is 0 Å². The number of ether oxygens (including phenoxy) is 1. The number of nitrogens with zero attached hydrogens (tertiary/aromatic N) is 3. The normalized spacial score (nSPS) is 32.6. The summed E-state index contributed by atoms with van der Waals surface area (Å²) < 4.78 is 21.3. The topological polar surface area (TPSA) is 101 Å². The van der Waals surface area contributed by atoms with E-state index in [-0.39, 0.29) is 11.0 Å². The summed E-state index contributed by atoms with van der Waals surface area (Å²) in [6.45, 7) is 4.79. The van der Waals surface area contributed by atoms with Gasteiger partial charge < -0.3 is 20.1 Å². The highest BCUT2D eigenvalue weighted by atomic mass is 19.1. The Bertz CT molecular complexity index is 733. The summed E-state index contributed by atoms with van der Waals surface area (Å²) in [5, 5.41) is 31.2. The molecule has 1 aliphatic heterocycles. The number of aliphatic hydroxyl groups excluding tert-OH is 2. The smallest absolute Gasteiger partial charge is 0.167 e. The molecule has 3 heterocycles. The third-order valence-electron chi connectivity index (χ3n) is 4.50. The Morgan fingerprint density at radius 1 is 1.48 bits per heavy atom. The van der Waals surface area contributed by atoms with Gasteiger partial charge in [0.05, 0.1) is 17.2 Å². The van der Waals surface area contributed by atoms with E-state index in [9.17, 15) is 19.7 Å². The molecule has 1 saturated heterocycles. The van der Waals surface area contributed by atoms with Gasteiger partial charge in [0.25, 0.3) is 0 Å². The van der Waals surface area contributed by atoms with Crippen LogP contribution in [0.15, 0.2) is 12.5 Å². The summed E-state index contributed by atoms with van der Waals surface area (Å²) in [5.74, 6) is -0.536. The van der Waals surface area contributed by atoms with Crippen molar-refractivity contribution in [1.82, 2.24) is 14.5 Å². The largest absolute Gasteiger partial charge is 0.390 e. The van der Waals surface area contributed by atoms with E-state index >= 15 is 0 Å². The lowest BCUT2D eigenvalue weighted by Crippen LogP contribution is -2.46. The fraction of sp³-hybridized carbons (Fsp3) is 0.600. The van der Waals surface area contributed by atoms with Gasteiger partial charge in [-0.1, -0.05) is 6.92 Å². The molecule has 2 aromatic heterocycles. The Kier molecular flexibility index (Phi) is 3.88. The van der Waals surface area contributed by atoms with E-state index in [2.05, 4.69) is 9.97 Å². The van der Waals surface area contributed by atoms with Gasteiger partial charge in [0, 0.05) is 6.20 Å². The summed E-state index contributed by atoms with van der Waals surface area (Å²) in [7, 11) is 0. The summed E-state index contributed by atoms with van der Waals surface area (Å²) in [5.41, 5.74) is -0.980. The van der Waals surface area contributed by atoms with E-state index in [1.165, 1.54) is 24.0 Å². The number of aryl methyl sites for hydroxylation is 1. The summed E-state index contributed by atoms with van der Waals surface area (Å²) in [6.07, 6.45) is -1.48. The van der Waals surface area contributed by atoms with Crippen LogP contribution >= 0.6 is 0 Å². The van der Waals surface area contributed by atoms with Crippen molar-refractivity contribution in [2.24, 2.45) is 0 Å². The van der Waals surface area contributed by atoms with E-state index in [0.29, 0.717) is 12.1 Å². The molecule has 23 heavy (non-hydrogen) atoms. The van der Waals surface area contributed by atoms with Crippen molar-refractivity contribution >= 4 is 11.0 Å².